The third kappa shape index (κ3) is 3.50. The number of para-hydroxylation sites is 2. The Morgan fingerprint density at radius 3 is 3.00 bits per heavy atom. The number of piperazine rings is 1. The van der Waals surface area contributed by atoms with Crippen LogP contribution in [0.15, 0.2) is 24.3 Å². The van der Waals surface area contributed by atoms with E-state index in [0.717, 1.165) is 16.9 Å². The SMILES string of the molecule is CNC(=O)[C@@H]1CN(C(=O)CCc2nc3ccccc3[nH]2)CCN1. The van der Waals surface area contributed by atoms with Crippen molar-refractivity contribution in [2.75, 3.05) is 26.7 Å². The first-order valence-electron chi connectivity index (χ1n) is 7.84. The topological polar surface area (TPSA) is 90.1 Å². The molecular weight excluding hydrogens is 294 g/mol. The average molecular weight is 315 g/mol. The number of carbonyl (C=O) groups excluding carboxylic acids is 2. The summed E-state index contributed by atoms with van der Waals surface area (Å²) in [5, 5.41) is 5.73. The summed E-state index contributed by atoms with van der Waals surface area (Å²) in [6, 6.07) is 7.48. The fraction of sp³-hybridized carbons (Fsp3) is 0.438. The van der Waals surface area contributed by atoms with Crippen LogP contribution >= 0.6 is 0 Å². The molecule has 3 rings (SSSR count). The molecule has 122 valence electrons. The van der Waals surface area contributed by atoms with Crippen LogP contribution in [-0.2, 0) is 16.0 Å². The zero-order valence-corrected chi connectivity index (χ0v) is 13.1. The van der Waals surface area contributed by atoms with Crippen molar-refractivity contribution < 1.29 is 9.59 Å². The largest absolute Gasteiger partial charge is 0.358 e. The number of benzene rings is 1. The summed E-state index contributed by atoms with van der Waals surface area (Å²) in [5.74, 6) is 0.790. The number of hydrogen-bond acceptors (Lipinski definition) is 4. The highest BCUT2D eigenvalue weighted by molar-refractivity contribution is 5.83. The molecule has 1 fully saturated rings. The molecule has 7 heteroatoms. The van der Waals surface area contributed by atoms with E-state index in [1.54, 1.807) is 11.9 Å². The Labute approximate surface area is 134 Å². The number of nitrogens with zero attached hydrogens (tertiary/aromatic N) is 2. The highest BCUT2D eigenvalue weighted by atomic mass is 16.2. The van der Waals surface area contributed by atoms with Crippen molar-refractivity contribution in [2.24, 2.45) is 0 Å². The summed E-state index contributed by atoms with van der Waals surface area (Å²) in [7, 11) is 1.60. The van der Waals surface area contributed by atoms with E-state index in [1.807, 2.05) is 24.3 Å². The van der Waals surface area contributed by atoms with Gasteiger partial charge in [0.15, 0.2) is 0 Å². The zero-order valence-electron chi connectivity index (χ0n) is 13.1. The number of imidazole rings is 1. The molecule has 1 aliphatic heterocycles. The lowest BCUT2D eigenvalue weighted by atomic mass is 10.1. The van der Waals surface area contributed by atoms with Crippen molar-refractivity contribution in [2.45, 2.75) is 18.9 Å². The molecule has 1 atom stereocenters. The number of H-pyrrole nitrogens is 1. The van der Waals surface area contributed by atoms with Gasteiger partial charge in [-0.25, -0.2) is 4.98 Å². The fourth-order valence-electron chi connectivity index (χ4n) is 2.83. The van der Waals surface area contributed by atoms with E-state index in [-0.39, 0.29) is 17.9 Å². The van der Waals surface area contributed by atoms with Gasteiger partial charge in [-0.15, -0.1) is 0 Å². The van der Waals surface area contributed by atoms with E-state index in [2.05, 4.69) is 20.6 Å². The van der Waals surface area contributed by atoms with Crippen LogP contribution < -0.4 is 10.6 Å². The van der Waals surface area contributed by atoms with Gasteiger partial charge >= 0.3 is 0 Å². The first-order chi connectivity index (χ1) is 11.2. The highest BCUT2D eigenvalue weighted by Gasteiger charge is 2.27. The second-order valence-electron chi connectivity index (χ2n) is 5.66. The summed E-state index contributed by atoms with van der Waals surface area (Å²) in [5.41, 5.74) is 1.90. The number of amides is 2. The second-order valence-corrected chi connectivity index (χ2v) is 5.66. The van der Waals surface area contributed by atoms with Gasteiger partial charge in [-0.1, -0.05) is 12.1 Å². The summed E-state index contributed by atoms with van der Waals surface area (Å²) in [4.78, 5) is 33.5. The predicted octanol–water partition coefficient (Wildman–Crippen LogP) is 0.0419. The summed E-state index contributed by atoms with van der Waals surface area (Å²) in [6.45, 7) is 1.68. The Morgan fingerprint density at radius 2 is 2.22 bits per heavy atom. The van der Waals surface area contributed by atoms with Crippen LogP contribution in [0.5, 0.6) is 0 Å². The number of hydrogen-bond donors (Lipinski definition) is 3. The summed E-state index contributed by atoms with van der Waals surface area (Å²) >= 11 is 0. The van der Waals surface area contributed by atoms with Gasteiger partial charge in [0.2, 0.25) is 11.8 Å². The van der Waals surface area contributed by atoms with Crippen LogP contribution in [0.2, 0.25) is 0 Å². The number of aromatic amines is 1. The van der Waals surface area contributed by atoms with Crippen LogP contribution in [-0.4, -0.2) is 59.4 Å². The number of nitrogens with one attached hydrogen (secondary N) is 3. The molecule has 7 nitrogen and oxygen atoms in total. The van der Waals surface area contributed by atoms with Gasteiger partial charge in [0.05, 0.1) is 11.0 Å². The number of likely N-dealkylation sites (N-methyl/N-ethyl adjacent to an activating group) is 1. The molecule has 0 spiro atoms. The highest BCUT2D eigenvalue weighted by Crippen LogP contribution is 2.12. The Balaban J connectivity index is 1.57. The first-order valence-corrected chi connectivity index (χ1v) is 7.84. The standard InChI is InChI=1S/C16H21N5O2/c1-17-16(23)13-10-21(9-8-18-13)15(22)7-6-14-19-11-4-2-3-5-12(11)20-14/h2-5,13,18H,6-10H2,1H3,(H,17,23)(H,19,20)/t13-/m0/s1. The smallest absolute Gasteiger partial charge is 0.238 e. The third-order valence-corrected chi connectivity index (χ3v) is 4.11. The Bertz CT molecular complexity index is 678. The molecule has 3 N–H and O–H groups in total. The lowest BCUT2D eigenvalue weighted by molar-refractivity contribution is -0.134. The van der Waals surface area contributed by atoms with Gasteiger partial charge in [0, 0.05) is 39.5 Å². The van der Waals surface area contributed by atoms with E-state index in [0.29, 0.717) is 32.5 Å². The number of carbonyl (C=O) groups is 2. The quantitative estimate of drug-likeness (QED) is 0.743. The van der Waals surface area contributed by atoms with Gasteiger partial charge < -0.3 is 20.5 Å². The Morgan fingerprint density at radius 1 is 1.39 bits per heavy atom. The normalized spacial score (nSPS) is 18.1. The molecule has 2 amide bonds. The summed E-state index contributed by atoms with van der Waals surface area (Å²) in [6.07, 6.45) is 0.961. The monoisotopic (exact) mass is 315 g/mol. The van der Waals surface area contributed by atoms with E-state index < -0.39 is 0 Å². The van der Waals surface area contributed by atoms with Crippen LogP contribution in [0.3, 0.4) is 0 Å². The molecule has 0 radical (unpaired) electrons. The minimum absolute atomic E-state index is 0.0564. The molecule has 2 aromatic rings. The van der Waals surface area contributed by atoms with Crippen molar-refractivity contribution in [3.05, 3.63) is 30.1 Å². The predicted molar refractivity (Wildman–Crippen MR) is 86.9 cm³/mol. The van der Waals surface area contributed by atoms with Crippen molar-refractivity contribution in [1.82, 2.24) is 25.5 Å². The van der Waals surface area contributed by atoms with Crippen LogP contribution in [0.4, 0.5) is 0 Å². The van der Waals surface area contributed by atoms with Gasteiger partial charge in [0.25, 0.3) is 0 Å². The van der Waals surface area contributed by atoms with Crippen LogP contribution in [0.1, 0.15) is 12.2 Å². The zero-order chi connectivity index (χ0) is 16.2. The minimum Gasteiger partial charge on any atom is -0.358 e. The van der Waals surface area contributed by atoms with Crippen molar-refractivity contribution in [3.63, 3.8) is 0 Å². The number of fused-ring (bicyclic) bond motifs is 1. The molecule has 1 aliphatic rings. The maximum atomic E-state index is 12.4. The van der Waals surface area contributed by atoms with E-state index >= 15 is 0 Å². The number of aromatic nitrogens is 2. The Hall–Kier alpha value is -2.41. The number of rotatable bonds is 4. The average Bonchev–Trinajstić information content (AvgIpc) is 3.02. The van der Waals surface area contributed by atoms with Gasteiger partial charge in [0.1, 0.15) is 11.9 Å². The molecule has 1 aromatic heterocycles. The van der Waals surface area contributed by atoms with Crippen LogP contribution in [0, 0.1) is 0 Å². The molecule has 1 saturated heterocycles. The van der Waals surface area contributed by atoms with Crippen molar-refractivity contribution >= 4 is 22.8 Å². The van der Waals surface area contributed by atoms with Crippen molar-refractivity contribution in [1.29, 1.82) is 0 Å². The molecule has 1 aromatic carbocycles. The third-order valence-electron chi connectivity index (χ3n) is 4.11. The van der Waals surface area contributed by atoms with Gasteiger partial charge in [-0.2, -0.15) is 0 Å². The maximum absolute atomic E-state index is 12.4. The lowest BCUT2D eigenvalue weighted by Gasteiger charge is -2.32. The molecule has 23 heavy (non-hydrogen) atoms. The lowest BCUT2D eigenvalue weighted by Crippen LogP contribution is -2.57. The fourth-order valence-corrected chi connectivity index (χ4v) is 2.83. The van der Waals surface area contributed by atoms with Crippen molar-refractivity contribution in [3.8, 4) is 0 Å². The van der Waals surface area contributed by atoms with Gasteiger partial charge in [-0.3, -0.25) is 9.59 Å². The first kappa shape index (κ1) is 15.5. The van der Waals surface area contributed by atoms with Crippen LogP contribution in [0.25, 0.3) is 11.0 Å². The second kappa shape index (κ2) is 6.78. The molecule has 2 heterocycles. The Kier molecular flexibility index (Phi) is 4.57. The molecule has 0 aliphatic carbocycles. The van der Waals surface area contributed by atoms with Gasteiger partial charge in [-0.05, 0) is 12.1 Å². The van der Waals surface area contributed by atoms with E-state index in [4.69, 9.17) is 0 Å². The molecule has 0 saturated carbocycles. The maximum Gasteiger partial charge on any atom is 0.238 e. The molecule has 0 unspecified atom stereocenters. The molecule has 0 bridgehead atoms. The van der Waals surface area contributed by atoms with E-state index in [1.165, 1.54) is 0 Å². The summed E-state index contributed by atoms with van der Waals surface area (Å²) < 4.78 is 0. The minimum atomic E-state index is -0.330. The van der Waals surface area contributed by atoms with E-state index in [9.17, 15) is 9.59 Å². The molecular formula is C16H21N5O2. The number of aryl methyl sites for hydroxylation is 1.